The normalized spacial score (nSPS) is 5.83. The third-order valence-electron chi connectivity index (χ3n) is 0.238. The van der Waals surface area contributed by atoms with Gasteiger partial charge >= 0.3 is 0 Å². The molecule has 6 heavy (non-hydrogen) atoms. The molecule has 0 radical (unpaired) electrons. The van der Waals surface area contributed by atoms with E-state index in [1.807, 2.05) is 0 Å². The second-order valence-electron chi connectivity index (χ2n) is 0.643. The molecule has 0 unspecified atom stereocenters. The Hall–Kier alpha value is -1.17. The maximum absolute atomic E-state index is 9.29. The van der Waals surface area contributed by atoms with Gasteiger partial charge in [-0.2, -0.15) is 5.26 Å². The van der Waals surface area contributed by atoms with Gasteiger partial charge in [0.05, 0.1) is 0 Å². The third kappa shape index (κ3) is 1.18. The van der Waals surface area contributed by atoms with Crippen molar-refractivity contribution < 1.29 is 4.79 Å². The van der Waals surface area contributed by atoms with Gasteiger partial charge in [-0.3, -0.25) is 10.2 Å². The highest BCUT2D eigenvalue weighted by Crippen LogP contribution is 1.52. The molecule has 0 rings (SSSR count). The molecule has 0 aromatic carbocycles. The fourth-order valence-electron chi connectivity index (χ4n) is 0.0264. The number of carbonyl (C=O) groups excluding carboxylic acids is 1. The van der Waals surface area contributed by atoms with Gasteiger partial charge in [0.25, 0.3) is 0 Å². The van der Waals surface area contributed by atoms with Crippen LogP contribution in [0, 0.1) is 16.7 Å². The van der Waals surface area contributed by atoms with Crippen LogP contribution in [0.4, 0.5) is 0 Å². The van der Waals surface area contributed by atoms with Gasteiger partial charge in [0.2, 0.25) is 0 Å². The lowest BCUT2D eigenvalue weighted by atomic mass is 10.5. The largest absolute Gasteiger partial charge is 0.295 e. The Morgan fingerprint density at radius 1 is 2.00 bits per heavy atom. The van der Waals surface area contributed by atoms with Crippen LogP contribution in [0.3, 0.4) is 0 Å². The topological polar surface area (TPSA) is 64.7 Å². The molecule has 0 aliphatic heterocycles. The van der Waals surface area contributed by atoms with Crippen molar-refractivity contribution in [2.45, 2.75) is 0 Å². The van der Waals surface area contributed by atoms with E-state index < -0.39 is 5.71 Å². The zero-order valence-electron chi connectivity index (χ0n) is 2.93. The molecule has 0 aliphatic rings. The number of hydrogen-bond donors (Lipinski definition) is 1. The summed E-state index contributed by atoms with van der Waals surface area (Å²) in [6, 6.07) is 1.33. The summed E-state index contributed by atoms with van der Waals surface area (Å²) in [4.78, 5) is 9.29. The summed E-state index contributed by atoms with van der Waals surface area (Å²) in [7, 11) is 0. The van der Waals surface area contributed by atoms with Crippen LogP contribution in [0.2, 0.25) is 0 Å². The van der Waals surface area contributed by atoms with Gasteiger partial charge in [-0.05, 0) is 0 Å². The predicted octanol–water partition coefficient (Wildman–Crippen LogP) is -0.271. The Labute approximate surface area is 34.7 Å². The van der Waals surface area contributed by atoms with Crippen LogP contribution in [0.1, 0.15) is 0 Å². The number of nitrogens with one attached hydrogen (secondary N) is 1. The first kappa shape index (κ1) is 4.83. The van der Waals surface area contributed by atoms with Crippen LogP contribution in [-0.4, -0.2) is 12.0 Å². The lowest BCUT2D eigenvalue weighted by molar-refractivity contribution is -0.102. The van der Waals surface area contributed by atoms with Crippen LogP contribution < -0.4 is 0 Å². The van der Waals surface area contributed by atoms with Gasteiger partial charge in [-0.15, -0.1) is 0 Å². The summed E-state index contributed by atoms with van der Waals surface area (Å²) in [6.45, 7) is 0. The van der Waals surface area contributed by atoms with E-state index in [0.717, 1.165) is 0 Å². The second-order valence-corrected chi connectivity index (χ2v) is 0.643. The first-order chi connectivity index (χ1) is 2.81. The van der Waals surface area contributed by atoms with Crippen molar-refractivity contribution in [1.82, 2.24) is 0 Å². The number of nitriles is 1. The third-order valence-corrected chi connectivity index (χ3v) is 0.238. The first-order valence-corrected chi connectivity index (χ1v) is 1.25. The highest BCUT2D eigenvalue weighted by atomic mass is 16.1. The number of hydrogen-bond acceptors (Lipinski definition) is 3. The zero-order valence-corrected chi connectivity index (χ0v) is 2.93. The van der Waals surface area contributed by atoms with Gasteiger partial charge in [0.15, 0.2) is 12.0 Å². The monoisotopic (exact) mass is 82.0 g/mol. The van der Waals surface area contributed by atoms with E-state index in [0.29, 0.717) is 0 Å². The molecule has 0 spiro atoms. The van der Waals surface area contributed by atoms with Crippen LogP contribution in [0.25, 0.3) is 0 Å². The summed E-state index contributed by atoms with van der Waals surface area (Å²) in [5.41, 5.74) is -0.532. The summed E-state index contributed by atoms with van der Waals surface area (Å²) < 4.78 is 0. The van der Waals surface area contributed by atoms with Crippen molar-refractivity contribution in [3.63, 3.8) is 0 Å². The number of nitrogens with zero attached hydrogens (tertiary/aromatic N) is 1. The summed E-state index contributed by atoms with van der Waals surface area (Å²) >= 11 is 0. The maximum Gasteiger partial charge on any atom is 0.178 e. The minimum absolute atomic E-state index is 0.194. The molecule has 0 amide bonds. The van der Waals surface area contributed by atoms with Crippen molar-refractivity contribution in [3.05, 3.63) is 0 Å². The molecule has 0 saturated carbocycles. The molecule has 0 aromatic heterocycles. The molecule has 0 fully saturated rings. The summed E-state index contributed by atoms with van der Waals surface area (Å²) in [6.07, 6.45) is 0.194. The lowest BCUT2D eigenvalue weighted by Gasteiger charge is -1.60. The van der Waals surface area contributed by atoms with Gasteiger partial charge in [0, 0.05) is 0 Å². The number of aldehydes is 1. The molecule has 0 atom stereocenters. The first-order valence-electron chi connectivity index (χ1n) is 1.25. The fourth-order valence-corrected chi connectivity index (χ4v) is 0.0264. The van der Waals surface area contributed by atoms with Gasteiger partial charge in [-0.1, -0.05) is 0 Å². The molecule has 0 saturated heterocycles. The Morgan fingerprint density at radius 3 is 2.50 bits per heavy atom. The molecule has 3 nitrogen and oxygen atoms in total. The van der Waals surface area contributed by atoms with Crippen LogP contribution >= 0.6 is 0 Å². The lowest BCUT2D eigenvalue weighted by Crippen LogP contribution is -1.88. The van der Waals surface area contributed by atoms with E-state index in [-0.39, 0.29) is 6.29 Å². The van der Waals surface area contributed by atoms with E-state index in [4.69, 9.17) is 10.7 Å². The standard InChI is InChI=1S/C3H2N2O/c4-1-3(5)2-6/h2,5H. The average molecular weight is 82.1 g/mol. The molecule has 0 aliphatic carbocycles. The van der Waals surface area contributed by atoms with Crippen molar-refractivity contribution in [3.8, 4) is 6.07 Å². The molecular weight excluding hydrogens is 80.0 g/mol. The Balaban J connectivity index is 3.63. The smallest absolute Gasteiger partial charge is 0.178 e. The molecule has 3 heteroatoms. The number of carbonyl (C=O) groups is 1. The molecular formula is C3H2N2O. The van der Waals surface area contributed by atoms with Gasteiger partial charge < -0.3 is 0 Å². The highest BCUT2D eigenvalue weighted by molar-refractivity contribution is 6.34. The van der Waals surface area contributed by atoms with Gasteiger partial charge in [-0.25, -0.2) is 0 Å². The van der Waals surface area contributed by atoms with Crippen LogP contribution in [0.5, 0.6) is 0 Å². The second kappa shape index (κ2) is 2.09. The minimum Gasteiger partial charge on any atom is -0.295 e. The minimum atomic E-state index is -0.532. The predicted molar refractivity (Wildman–Crippen MR) is 19.4 cm³/mol. The van der Waals surface area contributed by atoms with E-state index >= 15 is 0 Å². The summed E-state index contributed by atoms with van der Waals surface area (Å²) in [5.74, 6) is 0. The summed E-state index contributed by atoms with van der Waals surface area (Å²) in [5, 5.41) is 13.9. The van der Waals surface area contributed by atoms with E-state index in [1.54, 1.807) is 0 Å². The Morgan fingerprint density at radius 2 is 2.50 bits per heavy atom. The Bertz CT molecular complexity index is 110. The molecule has 0 heterocycles. The van der Waals surface area contributed by atoms with Crippen molar-refractivity contribution in [2.24, 2.45) is 0 Å². The molecule has 30 valence electrons. The molecule has 0 aromatic rings. The van der Waals surface area contributed by atoms with Crippen molar-refractivity contribution in [1.29, 1.82) is 10.7 Å². The van der Waals surface area contributed by atoms with Crippen molar-refractivity contribution >= 4 is 12.0 Å². The average Bonchev–Trinajstić information content (AvgIpc) is 1.65. The number of rotatable bonds is 1. The van der Waals surface area contributed by atoms with Crippen molar-refractivity contribution in [2.75, 3.05) is 0 Å². The van der Waals surface area contributed by atoms with E-state index in [1.165, 1.54) is 6.07 Å². The van der Waals surface area contributed by atoms with Crippen LogP contribution in [-0.2, 0) is 4.79 Å². The van der Waals surface area contributed by atoms with Gasteiger partial charge in [0.1, 0.15) is 6.07 Å². The SMILES string of the molecule is N#CC(=N)C=O. The molecule has 1 N–H and O–H groups in total. The molecule has 0 bridgehead atoms. The zero-order chi connectivity index (χ0) is 4.99. The fraction of sp³-hybridized carbons (Fsp3) is 0. The Kier molecular flexibility index (Phi) is 1.68. The van der Waals surface area contributed by atoms with E-state index in [9.17, 15) is 4.79 Å². The maximum atomic E-state index is 9.29. The van der Waals surface area contributed by atoms with E-state index in [2.05, 4.69) is 0 Å². The quantitative estimate of drug-likeness (QED) is 0.349. The van der Waals surface area contributed by atoms with Crippen LogP contribution in [0.15, 0.2) is 0 Å². The highest BCUT2D eigenvalue weighted by Gasteiger charge is 1.80.